The first-order valence-corrected chi connectivity index (χ1v) is 7.80. The molecule has 0 saturated carbocycles. The van der Waals surface area contributed by atoms with Crippen LogP contribution in [0.25, 0.3) is 0 Å². The van der Waals surface area contributed by atoms with Gasteiger partial charge in [0.1, 0.15) is 11.6 Å². The van der Waals surface area contributed by atoms with Gasteiger partial charge in [-0.15, -0.1) is 0 Å². The third-order valence-corrected chi connectivity index (χ3v) is 3.81. The third-order valence-electron chi connectivity index (χ3n) is 3.81. The number of H-pyrrole nitrogens is 1. The number of nitrogens with one attached hydrogen (secondary N) is 2. The summed E-state index contributed by atoms with van der Waals surface area (Å²) < 4.78 is 18.4. The smallest absolute Gasteiger partial charge is 0.300 e. The van der Waals surface area contributed by atoms with E-state index in [2.05, 4.69) is 10.5 Å². The molecule has 1 aromatic carbocycles. The van der Waals surface area contributed by atoms with E-state index in [0.717, 1.165) is 44.1 Å². The van der Waals surface area contributed by atoms with Gasteiger partial charge in [-0.3, -0.25) is 9.59 Å². The fourth-order valence-electron chi connectivity index (χ4n) is 2.87. The number of carboxylic acids is 1. The van der Waals surface area contributed by atoms with E-state index in [9.17, 15) is 9.18 Å². The van der Waals surface area contributed by atoms with Crippen molar-refractivity contribution in [3.63, 3.8) is 0 Å². The van der Waals surface area contributed by atoms with E-state index in [1.807, 2.05) is 6.07 Å². The molecule has 1 aromatic heterocycles. The molecule has 2 aromatic rings. The zero-order valence-electron chi connectivity index (χ0n) is 13.4. The van der Waals surface area contributed by atoms with E-state index in [1.54, 1.807) is 12.1 Å². The van der Waals surface area contributed by atoms with E-state index in [1.165, 1.54) is 12.1 Å². The van der Waals surface area contributed by atoms with Crippen molar-refractivity contribution >= 4 is 5.97 Å². The summed E-state index contributed by atoms with van der Waals surface area (Å²) in [6, 6.07) is 8.49. The molecule has 0 amide bonds. The number of carbonyl (C=O) groups is 1. The summed E-state index contributed by atoms with van der Waals surface area (Å²) in [6.45, 7) is 1.96. The molecule has 130 valence electrons. The Balaban J connectivity index is 0.000000471. The summed E-state index contributed by atoms with van der Waals surface area (Å²) in [5.74, 6) is -0.0685. The maximum absolute atomic E-state index is 13.2. The molecule has 2 heterocycles. The average molecular weight is 336 g/mol. The van der Waals surface area contributed by atoms with Crippen LogP contribution in [0.4, 0.5) is 4.39 Å². The predicted octanol–water partition coefficient (Wildman–Crippen LogP) is 2.28. The van der Waals surface area contributed by atoms with Gasteiger partial charge in [-0.25, -0.2) is 4.39 Å². The molecule has 1 fully saturated rings. The van der Waals surface area contributed by atoms with Crippen LogP contribution in [-0.4, -0.2) is 28.8 Å². The zero-order chi connectivity index (χ0) is 17.5. The molecule has 0 aliphatic carbocycles. The first-order valence-electron chi connectivity index (χ1n) is 7.80. The van der Waals surface area contributed by atoms with Gasteiger partial charge in [0.2, 0.25) is 0 Å². The second-order valence-electron chi connectivity index (χ2n) is 5.84. The lowest BCUT2D eigenvalue weighted by Crippen LogP contribution is -2.38. The first-order chi connectivity index (χ1) is 11.4. The summed E-state index contributed by atoms with van der Waals surface area (Å²) in [5, 5.41) is 13.2. The van der Waals surface area contributed by atoms with E-state index < -0.39 is 5.97 Å². The highest BCUT2D eigenvalue weighted by Gasteiger charge is 2.25. The van der Waals surface area contributed by atoms with Crippen molar-refractivity contribution in [3.8, 4) is 0 Å². The van der Waals surface area contributed by atoms with Crippen LogP contribution < -0.4 is 10.9 Å². The Kier molecular flexibility index (Phi) is 6.31. The van der Waals surface area contributed by atoms with Gasteiger partial charge in [-0.1, -0.05) is 12.1 Å². The number of hydrogen-bond donors (Lipinski definition) is 3. The van der Waals surface area contributed by atoms with Crippen LogP contribution in [0.15, 0.2) is 39.6 Å². The lowest BCUT2D eigenvalue weighted by Gasteiger charge is -2.29. The van der Waals surface area contributed by atoms with Crippen LogP contribution in [0.3, 0.4) is 0 Å². The molecule has 3 rings (SSSR count). The van der Waals surface area contributed by atoms with E-state index in [0.29, 0.717) is 0 Å². The number of hydrogen-bond acceptors (Lipinski definition) is 4. The first kappa shape index (κ1) is 17.9. The van der Waals surface area contributed by atoms with Crippen molar-refractivity contribution in [2.45, 2.75) is 38.1 Å². The van der Waals surface area contributed by atoms with Crippen molar-refractivity contribution in [1.82, 2.24) is 10.5 Å². The number of carboxylic acid groups (broad SMARTS) is 1. The van der Waals surface area contributed by atoms with Gasteiger partial charge >= 0.3 is 0 Å². The van der Waals surface area contributed by atoms with E-state index in [4.69, 9.17) is 14.4 Å². The maximum atomic E-state index is 13.2. The number of halogens is 1. The van der Waals surface area contributed by atoms with Crippen molar-refractivity contribution in [3.05, 3.63) is 57.8 Å². The molecular formula is C17H21FN2O4. The lowest BCUT2D eigenvalue weighted by molar-refractivity contribution is -0.134. The van der Waals surface area contributed by atoms with Gasteiger partial charge in [-0.05, 0) is 43.5 Å². The molecule has 0 unspecified atom stereocenters. The summed E-state index contributed by atoms with van der Waals surface area (Å²) in [5.41, 5.74) is 0.791. The molecule has 0 radical (unpaired) electrons. The van der Waals surface area contributed by atoms with Crippen molar-refractivity contribution < 1.29 is 18.8 Å². The second kappa shape index (κ2) is 8.44. The number of aromatic nitrogens is 1. The highest BCUT2D eigenvalue weighted by molar-refractivity contribution is 5.62. The van der Waals surface area contributed by atoms with Gasteiger partial charge in [0.15, 0.2) is 0 Å². The molecule has 6 nitrogen and oxygen atoms in total. The number of piperidine rings is 1. The topological polar surface area (TPSA) is 95.3 Å². The van der Waals surface area contributed by atoms with Crippen LogP contribution in [0, 0.1) is 5.82 Å². The summed E-state index contributed by atoms with van der Waals surface area (Å²) in [7, 11) is 0. The fraction of sp³-hybridized carbons (Fsp3) is 0.412. The second-order valence-corrected chi connectivity index (χ2v) is 5.84. The maximum Gasteiger partial charge on any atom is 0.300 e. The van der Waals surface area contributed by atoms with Crippen LogP contribution >= 0.6 is 0 Å². The Hall–Kier alpha value is -2.41. The molecule has 7 heteroatoms. The van der Waals surface area contributed by atoms with Gasteiger partial charge in [-0.2, -0.15) is 5.16 Å². The standard InChI is InChI=1S/C15H17FN2O2.C2H4O2/c16-12-3-1-2-10(6-12)7-13-8-11(4-5-17-13)14-9-15(19)18-20-14;1-2(3)4/h1-3,6,9,11,13,17H,4-5,7-8H2,(H,18,19);1H3,(H,3,4)/t11-,13+;/m1./s1. The summed E-state index contributed by atoms with van der Waals surface area (Å²) in [6.07, 6.45) is 2.61. The normalized spacial score (nSPS) is 20.1. The number of aliphatic carboxylic acids is 1. The van der Waals surface area contributed by atoms with Crippen LogP contribution in [0.1, 0.15) is 37.0 Å². The SMILES string of the molecule is CC(=O)O.O=c1cc([C@@H]2CCN[C@@H](Cc3cccc(F)c3)C2)o[nH]1. The molecule has 1 aliphatic heterocycles. The minimum absolute atomic E-state index is 0.194. The fourth-order valence-corrected chi connectivity index (χ4v) is 2.87. The molecule has 24 heavy (non-hydrogen) atoms. The van der Waals surface area contributed by atoms with Crippen molar-refractivity contribution in [1.29, 1.82) is 0 Å². The van der Waals surface area contributed by atoms with E-state index >= 15 is 0 Å². The minimum Gasteiger partial charge on any atom is -0.481 e. The predicted molar refractivity (Wildman–Crippen MR) is 86.5 cm³/mol. The molecular weight excluding hydrogens is 315 g/mol. The Morgan fingerprint density at radius 3 is 2.79 bits per heavy atom. The average Bonchev–Trinajstić information content (AvgIpc) is 2.94. The molecule has 0 spiro atoms. The molecule has 1 saturated heterocycles. The van der Waals surface area contributed by atoms with Crippen LogP contribution in [0.2, 0.25) is 0 Å². The van der Waals surface area contributed by atoms with Crippen molar-refractivity contribution in [2.24, 2.45) is 0 Å². The molecule has 1 aliphatic rings. The highest BCUT2D eigenvalue weighted by Crippen LogP contribution is 2.27. The van der Waals surface area contributed by atoms with Crippen LogP contribution in [-0.2, 0) is 11.2 Å². The molecule has 2 atom stereocenters. The lowest BCUT2D eigenvalue weighted by atomic mass is 9.87. The number of aromatic amines is 1. The Bertz CT molecular complexity index is 721. The minimum atomic E-state index is -0.833. The van der Waals surface area contributed by atoms with E-state index in [-0.39, 0.29) is 23.3 Å². The number of benzene rings is 1. The largest absolute Gasteiger partial charge is 0.481 e. The summed E-state index contributed by atoms with van der Waals surface area (Å²) in [4.78, 5) is 20.1. The molecule has 0 bridgehead atoms. The summed E-state index contributed by atoms with van der Waals surface area (Å²) >= 11 is 0. The zero-order valence-corrected chi connectivity index (χ0v) is 13.4. The monoisotopic (exact) mass is 336 g/mol. The Labute approximate surface area is 138 Å². The number of rotatable bonds is 3. The Morgan fingerprint density at radius 2 is 2.17 bits per heavy atom. The van der Waals surface area contributed by atoms with Gasteiger partial charge < -0.3 is 14.9 Å². The van der Waals surface area contributed by atoms with Crippen LogP contribution in [0.5, 0.6) is 0 Å². The third kappa shape index (κ3) is 5.66. The van der Waals surface area contributed by atoms with Gasteiger partial charge in [0.25, 0.3) is 11.5 Å². The molecule has 3 N–H and O–H groups in total. The van der Waals surface area contributed by atoms with Gasteiger partial charge in [0, 0.05) is 24.9 Å². The highest BCUT2D eigenvalue weighted by atomic mass is 19.1. The Morgan fingerprint density at radius 1 is 1.42 bits per heavy atom. The van der Waals surface area contributed by atoms with Crippen molar-refractivity contribution in [2.75, 3.05) is 6.54 Å². The van der Waals surface area contributed by atoms with Gasteiger partial charge in [0.05, 0.1) is 0 Å². The quantitative estimate of drug-likeness (QED) is 0.799.